The minimum Gasteiger partial charge on any atom is -0.486 e. The molecule has 0 aliphatic heterocycles. The highest BCUT2D eigenvalue weighted by molar-refractivity contribution is 5.92. The van der Waals surface area contributed by atoms with Gasteiger partial charge >= 0.3 is 5.91 Å². The summed E-state index contributed by atoms with van der Waals surface area (Å²) in [6.07, 6.45) is 0. The molecule has 3 N–H and O–H groups in total. The summed E-state index contributed by atoms with van der Waals surface area (Å²) < 4.78 is 10.9. The first-order valence-electron chi connectivity index (χ1n) is 5.87. The number of hydrazine groups is 1. The van der Waals surface area contributed by atoms with Crippen LogP contribution in [0.5, 0.6) is 5.75 Å². The highest BCUT2D eigenvalue weighted by Gasteiger charge is 2.14. The molecule has 2 aromatic rings. The molecule has 0 saturated carbocycles. The Morgan fingerprint density at radius 3 is 3.00 bits per heavy atom. The number of carbonyl (C=O) groups is 1. The van der Waals surface area contributed by atoms with Gasteiger partial charge in [-0.25, -0.2) is 5.84 Å². The van der Waals surface area contributed by atoms with E-state index in [0.29, 0.717) is 22.6 Å². The first-order valence-corrected chi connectivity index (χ1v) is 5.87. The Hall–Kier alpha value is -2.78. The van der Waals surface area contributed by atoms with Crippen LogP contribution < -0.4 is 16.0 Å². The fraction of sp³-hybridized carbons (Fsp3) is 0.143. The van der Waals surface area contributed by atoms with E-state index in [-0.39, 0.29) is 12.4 Å². The summed E-state index contributed by atoms with van der Waals surface area (Å²) in [5, 5.41) is 8.79. The fourth-order valence-corrected chi connectivity index (χ4v) is 1.72. The lowest BCUT2D eigenvalue weighted by atomic mass is 10.2. The van der Waals surface area contributed by atoms with Gasteiger partial charge in [0.15, 0.2) is 5.76 Å². The Bertz CT molecular complexity index is 671. The Balaban J connectivity index is 2.08. The second-order valence-corrected chi connectivity index (χ2v) is 4.13. The van der Waals surface area contributed by atoms with Crippen molar-refractivity contribution in [2.75, 3.05) is 0 Å². The third-order valence-electron chi connectivity index (χ3n) is 2.65. The zero-order valence-corrected chi connectivity index (χ0v) is 10.8. The number of amides is 1. The van der Waals surface area contributed by atoms with Gasteiger partial charge in [0, 0.05) is 5.56 Å². The van der Waals surface area contributed by atoms with Crippen molar-refractivity contribution >= 4 is 5.91 Å². The number of rotatable bonds is 4. The van der Waals surface area contributed by atoms with E-state index in [9.17, 15) is 4.79 Å². The molecular weight excluding hydrogens is 258 g/mol. The molecule has 0 aliphatic rings. The van der Waals surface area contributed by atoms with Crippen LogP contribution >= 0.6 is 0 Å². The van der Waals surface area contributed by atoms with Crippen molar-refractivity contribution in [2.24, 2.45) is 5.84 Å². The Morgan fingerprint density at radius 2 is 2.30 bits per heavy atom. The van der Waals surface area contributed by atoms with Gasteiger partial charge in [-0.15, -0.1) is 0 Å². The lowest BCUT2D eigenvalue weighted by Gasteiger charge is -2.03. The summed E-state index contributed by atoms with van der Waals surface area (Å²) in [6, 6.07) is 10.5. The Labute approximate surface area is 115 Å². The quantitative estimate of drug-likeness (QED) is 0.500. The SMILES string of the molecule is Cc1cc(COc2cccc(C#N)c2)oc1C(=O)NN. The number of ether oxygens (including phenoxy) is 1. The van der Waals surface area contributed by atoms with Crippen LogP contribution in [0.2, 0.25) is 0 Å². The van der Waals surface area contributed by atoms with Crippen molar-refractivity contribution in [1.29, 1.82) is 5.26 Å². The van der Waals surface area contributed by atoms with Crippen molar-refractivity contribution in [3.8, 4) is 11.8 Å². The summed E-state index contributed by atoms with van der Waals surface area (Å²) in [6.45, 7) is 1.90. The monoisotopic (exact) mass is 271 g/mol. The van der Waals surface area contributed by atoms with Crippen molar-refractivity contribution in [2.45, 2.75) is 13.5 Å². The average Bonchev–Trinajstić information content (AvgIpc) is 2.85. The molecule has 1 aromatic heterocycles. The molecule has 0 atom stereocenters. The molecule has 0 saturated heterocycles. The van der Waals surface area contributed by atoms with Gasteiger partial charge in [0.25, 0.3) is 0 Å². The molecule has 0 unspecified atom stereocenters. The van der Waals surface area contributed by atoms with Crippen molar-refractivity contribution < 1.29 is 13.9 Å². The molecule has 1 heterocycles. The minimum absolute atomic E-state index is 0.160. The van der Waals surface area contributed by atoms with Crippen molar-refractivity contribution in [1.82, 2.24) is 5.43 Å². The van der Waals surface area contributed by atoms with E-state index in [2.05, 4.69) is 0 Å². The molecular formula is C14H13N3O3. The third kappa shape index (κ3) is 2.96. The second-order valence-electron chi connectivity index (χ2n) is 4.13. The number of benzene rings is 1. The van der Waals surface area contributed by atoms with E-state index in [1.54, 1.807) is 37.3 Å². The molecule has 6 heteroatoms. The van der Waals surface area contributed by atoms with E-state index in [0.717, 1.165) is 0 Å². The van der Waals surface area contributed by atoms with Crippen molar-refractivity contribution in [3.05, 3.63) is 53.0 Å². The second kappa shape index (κ2) is 5.91. The number of furan rings is 1. The normalized spacial score (nSPS) is 9.85. The summed E-state index contributed by atoms with van der Waals surface area (Å²) in [5.41, 5.74) is 3.21. The number of hydrogen-bond acceptors (Lipinski definition) is 5. The van der Waals surface area contributed by atoms with Crippen LogP contribution in [0.25, 0.3) is 0 Å². The number of hydrogen-bond donors (Lipinski definition) is 2. The highest BCUT2D eigenvalue weighted by atomic mass is 16.5. The summed E-state index contributed by atoms with van der Waals surface area (Å²) in [4.78, 5) is 11.4. The van der Waals surface area contributed by atoms with Crippen LogP contribution in [0.1, 0.15) is 27.4 Å². The van der Waals surface area contributed by atoms with Gasteiger partial charge in [0.05, 0.1) is 11.6 Å². The topological polar surface area (TPSA) is 101 Å². The van der Waals surface area contributed by atoms with E-state index >= 15 is 0 Å². The molecule has 0 radical (unpaired) electrons. The van der Waals surface area contributed by atoms with Gasteiger partial charge in [-0.2, -0.15) is 5.26 Å². The number of nitriles is 1. The Kier molecular flexibility index (Phi) is 4.03. The number of nitrogens with zero attached hydrogens (tertiary/aromatic N) is 1. The van der Waals surface area contributed by atoms with Gasteiger partial charge in [0.2, 0.25) is 0 Å². The molecule has 20 heavy (non-hydrogen) atoms. The third-order valence-corrected chi connectivity index (χ3v) is 2.65. The minimum atomic E-state index is -0.486. The van der Waals surface area contributed by atoms with E-state index < -0.39 is 5.91 Å². The zero-order chi connectivity index (χ0) is 14.5. The number of nitrogen functional groups attached to an aromatic ring is 1. The van der Waals surface area contributed by atoms with E-state index in [4.69, 9.17) is 20.3 Å². The first-order chi connectivity index (χ1) is 9.63. The summed E-state index contributed by atoms with van der Waals surface area (Å²) in [5.74, 6) is 5.80. The summed E-state index contributed by atoms with van der Waals surface area (Å²) >= 11 is 0. The maximum atomic E-state index is 11.4. The van der Waals surface area contributed by atoms with Crippen LogP contribution in [-0.4, -0.2) is 5.91 Å². The molecule has 6 nitrogen and oxygen atoms in total. The number of nitrogens with two attached hydrogens (primary N) is 1. The lowest BCUT2D eigenvalue weighted by Crippen LogP contribution is -2.30. The maximum absolute atomic E-state index is 11.4. The molecule has 1 amide bonds. The lowest BCUT2D eigenvalue weighted by molar-refractivity contribution is 0.0921. The van der Waals surface area contributed by atoms with Gasteiger partial charge in [-0.05, 0) is 31.2 Å². The molecule has 102 valence electrons. The van der Waals surface area contributed by atoms with E-state index in [1.165, 1.54) is 0 Å². The van der Waals surface area contributed by atoms with Gasteiger partial charge in [0.1, 0.15) is 18.1 Å². The maximum Gasteiger partial charge on any atom is 0.301 e. The molecule has 2 rings (SSSR count). The number of carbonyl (C=O) groups excluding carboxylic acids is 1. The van der Waals surface area contributed by atoms with Crippen LogP contribution in [0.3, 0.4) is 0 Å². The van der Waals surface area contributed by atoms with Gasteiger partial charge < -0.3 is 9.15 Å². The highest BCUT2D eigenvalue weighted by Crippen LogP contribution is 2.18. The molecule has 1 aromatic carbocycles. The van der Waals surface area contributed by atoms with Gasteiger partial charge in [-0.1, -0.05) is 6.07 Å². The molecule has 0 aliphatic carbocycles. The fourth-order valence-electron chi connectivity index (χ4n) is 1.72. The van der Waals surface area contributed by atoms with Crippen LogP contribution in [0.15, 0.2) is 34.7 Å². The zero-order valence-electron chi connectivity index (χ0n) is 10.8. The summed E-state index contributed by atoms with van der Waals surface area (Å²) in [7, 11) is 0. The number of aryl methyl sites for hydroxylation is 1. The van der Waals surface area contributed by atoms with Gasteiger partial charge in [-0.3, -0.25) is 10.2 Å². The van der Waals surface area contributed by atoms with Crippen LogP contribution in [-0.2, 0) is 6.61 Å². The predicted octanol–water partition coefficient (Wildman–Crippen LogP) is 1.64. The molecule has 0 fully saturated rings. The number of nitrogens with one attached hydrogen (secondary N) is 1. The smallest absolute Gasteiger partial charge is 0.301 e. The van der Waals surface area contributed by atoms with Crippen molar-refractivity contribution in [3.63, 3.8) is 0 Å². The molecule has 0 bridgehead atoms. The average molecular weight is 271 g/mol. The Morgan fingerprint density at radius 1 is 1.50 bits per heavy atom. The molecule has 0 spiro atoms. The van der Waals surface area contributed by atoms with Crippen LogP contribution in [0.4, 0.5) is 0 Å². The largest absolute Gasteiger partial charge is 0.486 e. The van der Waals surface area contributed by atoms with Crippen LogP contribution in [0, 0.1) is 18.3 Å². The van der Waals surface area contributed by atoms with E-state index in [1.807, 2.05) is 11.5 Å². The predicted molar refractivity (Wildman–Crippen MR) is 70.6 cm³/mol. The first kappa shape index (κ1) is 13.6. The standard InChI is InChI=1S/C14H13N3O3/c1-9-5-12(20-13(9)14(18)17-16)8-19-11-4-2-3-10(6-11)7-15/h2-6H,8,16H2,1H3,(H,17,18).